The summed E-state index contributed by atoms with van der Waals surface area (Å²) in [5.41, 5.74) is 1.24. The lowest BCUT2D eigenvalue weighted by Gasteiger charge is -2.43. The first-order chi connectivity index (χ1) is 10.9. The van der Waals surface area contributed by atoms with Gasteiger partial charge in [0.1, 0.15) is 24.4 Å². The minimum Gasteiger partial charge on any atom is -0.394 e. The maximum atomic E-state index is 12.3. The second-order valence-electron chi connectivity index (χ2n) is 5.74. The Hall–Kier alpha value is -1.84. The molecule has 1 fully saturated rings. The molecular weight excluding hydrogens is 306 g/mol. The number of hydrogen-bond acceptors (Lipinski definition) is 7. The summed E-state index contributed by atoms with van der Waals surface area (Å²) >= 11 is 0. The first-order valence-corrected chi connectivity index (χ1v) is 7.16. The van der Waals surface area contributed by atoms with E-state index in [4.69, 9.17) is 4.74 Å². The van der Waals surface area contributed by atoms with Crippen molar-refractivity contribution in [3.05, 3.63) is 29.3 Å². The van der Waals surface area contributed by atoms with Crippen molar-refractivity contribution in [1.29, 1.82) is 0 Å². The second-order valence-corrected chi connectivity index (χ2v) is 5.74. The third-order valence-electron chi connectivity index (χ3n) is 4.19. The minimum absolute atomic E-state index is 0.178. The third-order valence-corrected chi connectivity index (χ3v) is 4.19. The van der Waals surface area contributed by atoms with Gasteiger partial charge in [0, 0.05) is 0 Å². The van der Waals surface area contributed by atoms with Gasteiger partial charge in [0.25, 0.3) is 5.78 Å². The highest BCUT2D eigenvalue weighted by molar-refractivity contribution is 6.52. The molecule has 2 heterocycles. The molecule has 0 radical (unpaired) electrons. The summed E-state index contributed by atoms with van der Waals surface area (Å²) in [6.45, 7) is 1.16. The zero-order valence-corrected chi connectivity index (χ0v) is 12.3. The number of rotatable bonds is 2. The summed E-state index contributed by atoms with van der Waals surface area (Å²) in [5.74, 6) is -1.63. The van der Waals surface area contributed by atoms with Gasteiger partial charge in [0.2, 0.25) is 0 Å². The zero-order valence-electron chi connectivity index (χ0n) is 12.3. The molecule has 124 valence electrons. The molecule has 1 amide bonds. The van der Waals surface area contributed by atoms with Crippen LogP contribution < -0.4 is 4.90 Å². The molecule has 2 aliphatic heterocycles. The van der Waals surface area contributed by atoms with Gasteiger partial charge in [-0.3, -0.25) is 14.5 Å². The van der Waals surface area contributed by atoms with Crippen LogP contribution in [0.3, 0.4) is 0 Å². The largest absolute Gasteiger partial charge is 0.394 e. The van der Waals surface area contributed by atoms with Gasteiger partial charge in [-0.15, -0.1) is 0 Å². The van der Waals surface area contributed by atoms with Crippen molar-refractivity contribution in [2.45, 2.75) is 37.6 Å². The highest BCUT2D eigenvalue weighted by Crippen LogP contribution is 2.35. The summed E-state index contributed by atoms with van der Waals surface area (Å²) in [5, 5.41) is 39.1. The average Bonchev–Trinajstić information content (AvgIpc) is 2.77. The number of ketones is 1. The van der Waals surface area contributed by atoms with Crippen LogP contribution in [-0.4, -0.2) is 69.4 Å². The summed E-state index contributed by atoms with van der Waals surface area (Å²) in [6, 6.07) is 4.79. The van der Waals surface area contributed by atoms with Crippen molar-refractivity contribution in [1.82, 2.24) is 0 Å². The summed E-state index contributed by atoms with van der Waals surface area (Å²) in [7, 11) is 0. The molecule has 5 atom stereocenters. The van der Waals surface area contributed by atoms with Gasteiger partial charge in [-0.1, -0.05) is 6.07 Å². The number of anilines is 1. The van der Waals surface area contributed by atoms with Crippen LogP contribution in [-0.2, 0) is 9.53 Å². The monoisotopic (exact) mass is 323 g/mol. The fourth-order valence-corrected chi connectivity index (χ4v) is 2.91. The summed E-state index contributed by atoms with van der Waals surface area (Å²) < 4.78 is 5.37. The van der Waals surface area contributed by atoms with E-state index in [0.29, 0.717) is 0 Å². The number of Topliss-reactive ketones (excluding diaryl/α,β-unsaturated/α-hetero) is 1. The number of aliphatic hydroxyl groups is 4. The van der Waals surface area contributed by atoms with E-state index in [2.05, 4.69) is 0 Å². The van der Waals surface area contributed by atoms with E-state index in [1.54, 1.807) is 19.1 Å². The molecule has 0 saturated carbocycles. The third kappa shape index (κ3) is 2.35. The van der Waals surface area contributed by atoms with Crippen molar-refractivity contribution in [2.24, 2.45) is 0 Å². The normalized spacial score (nSPS) is 34.0. The number of aryl methyl sites for hydroxylation is 1. The van der Waals surface area contributed by atoms with E-state index < -0.39 is 48.9 Å². The van der Waals surface area contributed by atoms with E-state index in [0.717, 1.165) is 10.5 Å². The highest BCUT2D eigenvalue weighted by atomic mass is 16.6. The van der Waals surface area contributed by atoms with Gasteiger partial charge in [0.15, 0.2) is 6.23 Å². The van der Waals surface area contributed by atoms with Crippen LogP contribution >= 0.6 is 0 Å². The number of carbonyl (C=O) groups excluding carboxylic acids is 2. The van der Waals surface area contributed by atoms with Crippen LogP contribution in [0, 0.1) is 6.92 Å². The first kappa shape index (κ1) is 16.0. The van der Waals surface area contributed by atoms with Crippen molar-refractivity contribution < 1.29 is 34.8 Å². The Morgan fingerprint density at radius 2 is 1.83 bits per heavy atom. The number of fused-ring (bicyclic) bond motifs is 1. The van der Waals surface area contributed by atoms with Gasteiger partial charge < -0.3 is 25.2 Å². The molecule has 0 aliphatic carbocycles. The Labute approximate surface area is 131 Å². The van der Waals surface area contributed by atoms with Crippen LogP contribution in [0.15, 0.2) is 18.2 Å². The molecule has 2 aliphatic rings. The number of nitrogens with zero attached hydrogens (tertiary/aromatic N) is 1. The molecule has 1 saturated heterocycles. The van der Waals surface area contributed by atoms with Gasteiger partial charge in [0.05, 0.1) is 17.9 Å². The molecule has 1 aromatic rings. The van der Waals surface area contributed by atoms with Crippen LogP contribution in [0.25, 0.3) is 0 Å². The van der Waals surface area contributed by atoms with Gasteiger partial charge in [-0.05, 0) is 24.6 Å². The van der Waals surface area contributed by atoms with Crippen molar-refractivity contribution >= 4 is 17.4 Å². The van der Waals surface area contributed by atoms with Crippen molar-refractivity contribution in [3.8, 4) is 0 Å². The lowest BCUT2D eigenvalue weighted by atomic mass is 9.97. The molecule has 0 bridgehead atoms. The van der Waals surface area contributed by atoms with Gasteiger partial charge in [-0.2, -0.15) is 0 Å². The SMILES string of the molecule is Cc1ccc2c(c1)N([C@@H]1O[C@H](CO)[C@@H](O)[C@H](O)[C@H]1O)C(=O)C2=O. The summed E-state index contributed by atoms with van der Waals surface area (Å²) in [4.78, 5) is 25.3. The number of aliphatic hydroxyl groups excluding tert-OH is 4. The Bertz CT molecular complexity index is 659. The Morgan fingerprint density at radius 1 is 1.13 bits per heavy atom. The van der Waals surface area contributed by atoms with Crippen molar-refractivity contribution in [2.75, 3.05) is 11.5 Å². The lowest BCUT2D eigenvalue weighted by molar-refractivity contribution is -0.228. The Kier molecular flexibility index (Phi) is 3.95. The first-order valence-electron chi connectivity index (χ1n) is 7.16. The molecule has 4 N–H and O–H groups in total. The van der Waals surface area contributed by atoms with Crippen molar-refractivity contribution in [3.63, 3.8) is 0 Å². The van der Waals surface area contributed by atoms with E-state index in [1.807, 2.05) is 0 Å². The Balaban J connectivity index is 2.02. The van der Waals surface area contributed by atoms with E-state index in [-0.39, 0.29) is 11.3 Å². The molecule has 3 rings (SSSR count). The van der Waals surface area contributed by atoms with Gasteiger partial charge >= 0.3 is 5.91 Å². The zero-order chi connectivity index (χ0) is 16.9. The molecule has 0 aromatic heterocycles. The highest BCUT2D eigenvalue weighted by Gasteiger charge is 2.50. The molecule has 0 unspecified atom stereocenters. The van der Waals surface area contributed by atoms with Crippen LogP contribution in [0.1, 0.15) is 15.9 Å². The topological polar surface area (TPSA) is 128 Å². The molecular formula is C15H17NO7. The molecule has 8 heteroatoms. The fraction of sp³-hybridized carbons (Fsp3) is 0.467. The average molecular weight is 323 g/mol. The van der Waals surface area contributed by atoms with E-state index in [1.165, 1.54) is 6.07 Å². The quantitative estimate of drug-likeness (QED) is 0.479. The van der Waals surface area contributed by atoms with E-state index in [9.17, 15) is 30.0 Å². The molecule has 1 aromatic carbocycles. The van der Waals surface area contributed by atoms with Crippen LogP contribution in [0.4, 0.5) is 5.69 Å². The predicted octanol–water partition coefficient (Wildman–Crippen LogP) is -1.68. The standard InChI is InChI=1S/C15H17NO7/c1-6-2-3-7-8(4-6)16(14(22)10(7)18)15-13(21)12(20)11(19)9(5-17)23-15/h2-4,9,11-13,15,17,19-21H,5H2,1H3/t9-,11-,12+,13-,15-/m1/s1. The minimum atomic E-state index is -1.63. The molecule has 8 nitrogen and oxygen atoms in total. The Morgan fingerprint density at radius 3 is 2.48 bits per heavy atom. The second kappa shape index (κ2) is 5.66. The van der Waals surface area contributed by atoms with Crippen LogP contribution in [0.5, 0.6) is 0 Å². The maximum absolute atomic E-state index is 12.3. The number of benzene rings is 1. The number of amides is 1. The van der Waals surface area contributed by atoms with Crippen LogP contribution in [0.2, 0.25) is 0 Å². The van der Waals surface area contributed by atoms with Gasteiger partial charge in [-0.25, -0.2) is 0 Å². The molecule has 0 spiro atoms. The lowest BCUT2D eigenvalue weighted by Crippen LogP contribution is -2.64. The smallest absolute Gasteiger partial charge is 0.301 e. The summed E-state index contributed by atoms with van der Waals surface area (Å²) in [6.07, 6.45) is -7.32. The number of hydrogen-bond donors (Lipinski definition) is 4. The predicted molar refractivity (Wildman–Crippen MR) is 76.8 cm³/mol. The number of carbonyl (C=O) groups is 2. The maximum Gasteiger partial charge on any atom is 0.301 e. The fourth-order valence-electron chi connectivity index (χ4n) is 2.91. The number of ether oxygens (including phenoxy) is 1. The van der Waals surface area contributed by atoms with E-state index >= 15 is 0 Å². The molecule has 23 heavy (non-hydrogen) atoms.